The minimum atomic E-state index is -3.94. The number of carbonyl (C=O) groups is 1. The third kappa shape index (κ3) is 3.87. The first-order valence-electron chi connectivity index (χ1n) is 9.30. The summed E-state index contributed by atoms with van der Waals surface area (Å²) in [6, 6.07) is 5.22. The Morgan fingerprint density at radius 3 is 2.52 bits per heavy atom. The molecule has 29 heavy (non-hydrogen) atoms. The maximum absolute atomic E-state index is 13.5. The summed E-state index contributed by atoms with van der Waals surface area (Å²) in [5.74, 6) is -0.390. The van der Waals surface area contributed by atoms with Gasteiger partial charge in [0.15, 0.2) is 0 Å². The van der Waals surface area contributed by atoms with Gasteiger partial charge in [0.2, 0.25) is 0 Å². The Morgan fingerprint density at radius 2 is 1.97 bits per heavy atom. The molecule has 0 radical (unpaired) electrons. The molecule has 1 N–H and O–H groups in total. The van der Waals surface area contributed by atoms with Gasteiger partial charge < -0.3 is 9.84 Å². The van der Waals surface area contributed by atoms with Crippen LogP contribution in [0.5, 0.6) is 5.75 Å². The van der Waals surface area contributed by atoms with Gasteiger partial charge in [-0.1, -0.05) is 0 Å². The van der Waals surface area contributed by atoms with Gasteiger partial charge in [-0.3, -0.25) is 9.48 Å². The smallest absolute Gasteiger partial charge is 0.303 e. The van der Waals surface area contributed by atoms with Crippen LogP contribution in [0.1, 0.15) is 37.2 Å². The molecule has 0 spiro atoms. The Kier molecular flexibility index (Phi) is 5.44. The first kappa shape index (κ1) is 20.9. The van der Waals surface area contributed by atoms with Gasteiger partial charge in [-0.25, -0.2) is 12.4 Å². The Morgan fingerprint density at radius 1 is 1.28 bits per heavy atom. The number of carboxylic acids is 1. The van der Waals surface area contributed by atoms with Crippen molar-refractivity contribution >= 4 is 26.9 Å². The van der Waals surface area contributed by atoms with E-state index in [1.165, 1.54) is 14.9 Å². The highest BCUT2D eigenvalue weighted by atomic mass is 32.2. The minimum absolute atomic E-state index is 0.0678. The lowest BCUT2D eigenvalue weighted by Crippen LogP contribution is -2.14. The molecular formula is C20H25N3O5S. The number of rotatable bonds is 7. The Balaban J connectivity index is 2.25. The van der Waals surface area contributed by atoms with Crippen LogP contribution in [0.15, 0.2) is 29.3 Å². The maximum Gasteiger partial charge on any atom is 0.303 e. The fourth-order valence-electron chi connectivity index (χ4n) is 3.46. The van der Waals surface area contributed by atoms with Crippen molar-refractivity contribution in [1.29, 1.82) is 0 Å². The van der Waals surface area contributed by atoms with Gasteiger partial charge in [-0.2, -0.15) is 5.10 Å². The fourth-order valence-corrected chi connectivity index (χ4v) is 5.25. The lowest BCUT2D eigenvalue weighted by atomic mass is 10.1. The molecular weight excluding hydrogens is 394 g/mol. The molecule has 0 atom stereocenters. The van der Waals surface area contributed by atoms with E-state index in [9.17, 15) is 13.2 Å². The van der Waals surface area contributed by atoms with Crippen molar-refractivity contribution in [2.45, 2.75) is 51.5 Å². The lowest BCUT2D eigenvalue weighted by molar-refractivity contribution is -0.136. The van der Waals surface area contributed by atoms with Crippen molar-refractivity contribution in [2.24, 2.45) is 7.05 Å². The van der Waals surface area contributed by atoms with E-state index in [-0.39, 0.29) is 23.8 Å². The van der Waals surface area contributed by atoms with E-state index in [1.807, 2.05) is 13.8 Å². The molecule has 0 fully saturated rings. The molecule has 9 heteroatoms. The minimum Gasteiger partial charge on any atom is -0.491 e. The summed E-state index contributed by atoms with van der Waals surface area (Å²) in [5, 5.41) is 14.0. The number of aromatic nitrogens is 3. The van der Waals surface area contributed by atoms with E-state index < -0.39 is 16.0 Å². The summed E-state index contributed by atoms with van der Waals surface area (Å²) in [6.45, 7) is 7.14. The van der Waals surface area contributed by atoms with Gasteiger partial charge in [0.1, 0.15) is 10.6 Å². The zero-order valence-corrected chi connectivity index (χ0v) is 17.9. The molecule has 0 saturated heterocycles. The van der Waals surface area contributed by atoms with E-state index in [1.54, 1.807) is 39.1 Å². The SMILES string of the molecule is Cc1nn(C)c(C)c1S(=O)(=O)n1cc(CCC(=O)O)c2ccc(OC(C)C)cc21. The van der Waals surface area contributed by atoms with Gasteiger partial charge in [-0.05, 0) is 51.8 Å². The number of hydrogen-bond donors (Lipinski definition) is 1. The molecule has 3 rings (SSSR count). The third-order valence-electron chi connectivity index (χ3n) is 4.77. The van der Waals surface area contributed by atoms with Crippen LogP contribution in [-0.4, -0.2) is 39.4 Å². The standard InChI is InChI=1S/C20H25N3O5S/c1-12(2)28-16-7-8-17-15(6-9-19(24)25)11-23(18(17)10-16)29(26,27)20-13(3)21-22(5)14(20)4/h7-8,10-12H,6,9H2,1-5H3,(H,24,25). The highest BCUT2D eigenvalue weighted by molar-refractivity contribution is 7.90. The van der Waals surface area contributed by atoms with E-state index in [0.717, 1.165) is 0 Å². The fraction of sp³-hybridized carbons (Fsp3) is 0.400. The number of benzene rings is 1. The van der Waals surface area contributed by atoms with Crippen LogP contribution in [0.25, 0.3) is 10.9 Å². The van der Waals surface area contributed by atoms with Gasteiger partial charge >= 0.3 is 5.97 Å². The van der Waals surface area contributed by atoms with Crippen LogP contribution in [0, 0.1) is 13.8 Å². The highest BCUT2D eigenvalue weighted by Crippen LogP contribution is 2.32. The van der Waals surface area contributed by atoms with Crippen LogP contribution in [-0.2, 0) is 28.3 Å². The van der Waals surface area contributed by atoms with Gasteiger partial charge in [0.25, 0.3) is 10.0 Å². The second-order valence-electron chi connectivity index (χ2n) is 7.32. The highest BCUT2D eigenvalue weighted by Gasteiger charge is 2.28. The van der Waals surface area contributed by atoms with Crippen molar-refractivity contribution in [1.82, 2.24) is 13.8 Å². The van der Waals surface area contributed by atoms with Crippen LogP contribution in [0.4, 0.5) is 0 Å². The van der Waals surface area contributed by atoms with Crippen LogP contribution in [0.2, 0.25) is 0 Å². The Bertz CT molecular complexity index is 1190. The number of fused-ring (bicyclic) bond motifs is 1. The molecule has 3 aromatic rings. The Labute approximate surface area is 169 Å². The quantitative estimate of drug-likeness (QED) is 0.631. The topological polar surface area (TPSA) is 103 Å². The van der Waals surface area contributed by atoms with E-state index in [4.69, 9.17) is 9.84 Å². The van der Waals surface area contributed by atoms with Crippen LogP contribution in [0.3, 0.4) is 0 Å². The summed E-state index contributed by atoms with van der Waals surface area (Å²) in [5.41, 5.74) is 2.05. The first-order valence-corrected chi connectivity index (χ1v) is 10.7. The summed E-state index contributed by atoms with van der Waals surface area (Å²) < 4.78 is 35.6. The molecule has 0 aliphatic rings. The second-order valence-corrected chi connectivity index (χ2v) is 9.07. The Hall–Kier alpha value is -2.81. The normalized spacial score (nSPS) is 12.1. The summed E-state index contributed by atoms with van der Waals surface area (Å²) in [6.07, 6.45) is 1.58. The van der Waals surface area contributed by atoms with E-state index in [2.05, 4.69) is 5.10 Å². The van der Waals surface area contributed by atoms with Gasteiger partial charge in [0, 0.05) is 31.1 Å². The van der Waals surface area contributed by atoms with E-state index in [0.29, 0.717) is 33.6 Å². The molecule has 2 heterocycles. The number of carboxylic acid groups (broad SMARTS) is 1. The summed E-state index contributed by atoms with van der Waals surface area (Å²) in [7, 11) is -2.24. The van der Waals surface area contributed by atoms with Crippen molar-refractivity contribution in [3.8, 4) is 5.75 Å². The average molecular weight is 420 g/mol. The molecule has 156 valence electrons. The number of nitrogens with zero attached hydrogens (tertiary/aromatic N) is 3. The molecule has 0 aliphatic heterocycles. The molecule has 2 aromatic heterocycles. The zero-order valence-electron chi connectivity index (χ0n) is 17.1. The summed E-state index contributed by atoms with van der Waals surface area (Å²) >= 11 is 0. The van der Waals surface area contributed by atoms with Gasteiger partial charge in [0.05, 0.1) is 23.0 Å². The molecule has 0 aliphatic carbocycles. The van der Waals surface area contributed by atoms with Crippen LogP contribution < -0.4 is 4.74 Å². The zero-order chi connectivity index (χ0) is 21.5. The lowest BCUT2D eigenvalue weighted by Gasteiger charge is -2.11. The summed E-state index contributed by atoms with van der Waals surface area (Å²) in [4.78, 5) is 11.2. The monoisotopic (exact) mass is 419 g/mol. The predicted molar refractivity (Wildman–Crippen MR) is 109 cm³/mol. The molecule has 1 aromatic carbocycles. The number of hydrogen-bond acceptors (Lipinski definition) is 5. The third-order valence-corrected chi connectivity index (χ3v) is 6.69. The number of ether oxygens (including phenoxy) is 1. The van der Waals surface area contributed by atoms with Gasteiger partial charge in [-0.15, -0.1) is 0 Å². The van der Waals surface area contributed by atoms with Crippen molar-refractivity contribution in [2.75, 3.05) is 0 Å². The molecule has 0 amide bonds. The molecule has 0 unspecified atom stereocenters. The van der Waals surface area contributed by atoms with Crippen LogP contribution >= 0.6 is 0 Å². The van der Waals surface area contributed by atoms with Crippen molar-refractivity contribution < 1.29 is 23.1 Å². The molecule has 0 saturated carbocycles. The average Bonchev–Trinajstić information content (AvgIpc) is 3.09. The number of aryl methyl sites for hydroxylation is 3. The largest absolute Gasteiger partial charge is 0.491 e. The van der Waals surface area contributed by atoms with E-state index >= 15 is 0 Å². The molecule has 8 nitrogen and oxygen atoms in total. The second kappa shape index (κ2) is 7.55. The van der Waals surface area contributed by atoms with Crippen molar-refractivity contribution in [3.05, 3.63) is 41.3 Å². The maximum atomic E-state index is 13.5. The number of aliphatic carboxylic acids is 1. The van der Waals surface area contributed by atoms with Crippen molar-refractivity contribution in [3.63, 3.8) is 0 Å². The molecule has 0 bridgehead atoms. The first-order chi connectivity index (χ1) is 13.5. The predicted octanol–water partition coefficient (Wildman–Crippen LogP) is 3.03.